The number of hydrogen-bond acceptors (Lipinski definition) is 4. The van der Waals surface area contributed by atoms with E-state index in [2.05, 4.69) is 25.3 Å². The maximum absolute atomic E-state index is 11.2. The van der Waals surface area contributed by atoms with Gasteiger partial charge >= 0.3 is 0 Å². The molecule has 2 heterocycles. The summed E-state index contributed by atoms with van der Waals surface area (Å²) in [5, 5.41) is 2.73. The standard InChI is InChI=1S/C6H7N5O/c1-7-6-10-4-3(5(12)11-6)8-2-9-4/h2H,1H3,(H3,7,8,9,10,11,12)/i1+1. The molecule has 0 unspecified atom stereocenters. The lowest BCUT2D eigenvalue weighted by atomic mass is 10.5. The molecule has 0 aliphatic heterocycles. The normalized spacial score (nSPS) is 10.4. The molecule has 0 radical (unpaired) electrons. The van der Waals surface area contributed by atoms with E-state index in [1.165, 1.54) is 6.33 Å². The van der Waals surface area contributed by atoms with E-state index in [1.807, 2.05) is 0 Å². The Kier molecular flexibility index (Phi) is 1.33. The topological polar surface area (TPSA) is 86.5 Å². The number of rotatable bonds is 1. The highest BCUT2D eigenvalue weighted by Gasteiger charge is 2.03. The summed E-state index contributed by atoms with van der Waals surface area (Å²) in [6.07, 6.45) is 1.44. The van der Waals surface area contributed by atoms with Crippen molar-refractivity contribution in [2.75, 3.05) is 12.4 Å². The molecule has 6 nitrogen and oxygen atoms in total. The van der Waals surface area contributed by atoms with Crippen LogP contribution < -0.4 is 10.9 Å². The molecule has 12 heavy (non-hydrogen) atoms. The summed E-state index contributed by atoms with van der Waals surface area (Å²) in [5.41, 5.74) is 0.596. The van der Waals surface area contributed by atoms with Gasteiger partial charge in [-0.15, -0.1) is 0 Å². The van der Waals surface area contributed by atoms with Crippen LogP contribution in [0.25, 0.3) is 11.2 Å². The molecule has 0 saturated heterocycles. The minimum atomic E-state index is -0.221. The lowest BCUT2D eigenvalue weighted by Crippen LogP contribution is -2.11. The molecule has 2 aromatic heterocycles. The van der Waals surface area contributed by atoms with Crippen LogP contribution in [0.1, 0.15) is 0 Å². The van der Waals surface area contributed by atoms with Crippen molar-refractivity contribution in [3.63, 3.8) is 0 Å². The van der Waals surface area contributed by atoms with Crippen LogP contribution in [-0.4, -0.2) is 27.0 Å². The predicted octanol–water partition coefficient (Wildman–Crippen LogP) is -0.312. The van der Waals surface area contributed by atoms with Gasteiger partial charge in [-0.2, -0.15) is 4.98 Å². The second-order valence-corrected chi connectivity index (χ2v) is 2.27. The fourth-order valence-electron chi connectivity index (χ4n) is 0.961. The number of imidazole rings is 1. The third-order valence-corrected chi connectivity index (χ3v) is 1.53. The van der Waals surface area contributed by atoms with Crippen molar-refractivity contribution in [1.82, 2.24) is 19.9 Å². The zero-order chi connectivity index (χ0) is 8.55. The number of nitrogens with zero attached hydrogens (tertiary/aromatic N) is 2. The van der Waals surface area contributed by atoms with Crippen LogP contribution in [-0.2, 0) is 0 Å². The van der Waals surface area contributed by atoms with Gasteiger partial charge in [-0.3, -0.25) is 9.78 Å². The van der Waals surface area contributed by atoms with Crippen molar-refractivity contribution in [2.24, 2.45) is 0 Å². The highest BCUT2D eigenvalue weighted by Crippen LogP contribution is 2.00. The molecule has 62 valence electrons. The van der Waals surface area contributed by atoms with Crippen LogP contribution in [0.3, 0.4) is 0 Å². The van der Waals surface area contributed by atoms with Crippen LogP contribution in [0.5, 0.6) is 0 Å². The smallest absolute Gasteiger partial charge is 0.278 e. The minimum Gasteiger partial charge on any atom is -0.359 e. The average molecular weight is 166 g/mol. The molecule has 3 N–H and O–H groups in total. The molecule has 0 bridgehead atoms. The van der Waals surface area contributed by atoms with Crippen molar-refractivity contribution < 1.29 is 0 Å². The van der Waals surface area contributed by atoms with E-state index in [0.29, 0.717) is 17.1 Å². The summed E-state index contributed by atoms with van der Waals surface area (Å²) >= 11 is 0. The third kappa shape index (κ3) is 0.849. The fourth-order valence-corrected chi connectivity index (χ4v) is 0.961. The molecular weight excluding hydrogens is 159 g/mol. The maximum Gasteiger partial charge on any atom is 0.278 e. The SMILES string of the molecule is [13CH3]Nc1nc2nc[nH]c2c(=O)[nH]1. The third-order valence-electron chi connectivity index (χ3n) is 1.53. The van der Waals surface area contributed by atoms with Crippen LogP contribution in [0.15, 0.2) is 11.1 Å². The van der Waals surface area contributed by atoms with Gasteiger partial charge < -0.3 is 10.3 Å². The first-order chi connectivity index (χ1) is 5.81. The van der Waals surface area contributed by atoms with Gasteiger partial charge in [0.05, 0.1) is 6.33 Å². The molecule has 0 amide bonds. The van der Waals surface area contributed by atoms with Crippen molar-refractivity contribution in [1.29, 1.82) is 0 Å². The van der Waals surface area contributed by atoms with Gasteiger partial charge in [0.1, 0.15) is 0 Å². The molecule has 0 aliphatic carbocycles. The number of H-pyrrole nitrogens is 2. The Morgan fingerprint density at radius 3 is 3.17 bits per heavy atom. The summed E-state index contributed by atoms with van der Waals surface area (Å²) in [7, 11) is 1.68. The van der Waals surface area contributed by atoms with E-state index in [4.69, 9.17) is 0 Å². The molecule has 0 spiro atoms. The van der Waals surface area contributed by atoms with Gasteiger partial charge in [-0.05, 0) is 0 Å². The molecule has 6 heteroatoms. The summed E-state index contributed by atoms with van der Waals surface area (Å²) < 4.78 is 0. The Bertz CT molecular complexity index is 456. The highest BCUT2D eigenvalue weighted by atomic mass is 16.1. The largest absolute Gasteiger partial charge is 0.359 e. The number of aromatic nitrogens is 4. The van der Waals surface area contributed by atoms with Crippen molar-refractivity contribution in [3.8, 4) is 0 Å². The second-order valence-electron chi connectivity index (χ2n) is 2.27. The number of aromatic amines is 2. The summed E-state index contributed by atoms with van der Waals surface area (Å²) in [6, 6.07) is 0. The fraction of sp³-hybridized carbons (Fsp3) is 0.167. The number of nitrogens with one attached hydrogen (secondary N) is 3. The summed E-state index contributed by atoms with van der Waals surface area (Å²) in [5.74, 6) is 0.416. The van der Waals surface area contributed by atoms with Crippen LogP contribution in [0.2, 0.25) is 0 Å². The van der Waals surface area contributed by atoms with Gasteiger partial charge in [0.2, 0.25) is 5.95 Å². The van der Waals surface area contributed by atoms with Crippen molar-refractivity contribution >= 4 is 17.1 Å². The molecule has 2 rings (SSSR count). The molecule has 0 saturated carbocycles. The number of anilines is 1. The lowest BCUT2D eigenvalue weighted by Gasteiger charge is -1.95. The second kappa shape index (κ2) is 2.33. The Labute approximate surface area is 67.1 Å². The van der Waals surface area contributed by atoms with Crippen molar-refractivity contribution in [2.45, 2.75) is 0 Å². The molecule has 2 aromatic rings. The molecule has 0 fully saturated rings. The Morgan fingerprint density at radius 1 is 1.58 bits per heavy atom. The van der Waals surface area contributed by atoms with Gasteiger partial charge in [0, 0.05) is 7.05 Å². The Hall–Kier alpha value is -1.85. The predicted molar refractivity (Wildman–Crippen MR) is 44.1 cm³/mol. The van der Waals surface area contributed by atoms with E-state index in [9.17, 15) is 4.79 Å². The Balaban J connectivity index is 2.84. The molecular formula is C6H7N5O. The van der Waals surface area contributed by atoms with Crippen LogP contribution in [0.4, 0.5) is 5.95 Å². The van der Waals surface area contributed by atoms with Crippen LogP contribution >= 0.6 is 0 Å². The maximum atomic E-state index is 11.2. The van der Waals surface area contributed by atoms with E-state index < -0.39 is 0 Å². The average Bonchev–Trinajstić information content (AvgIpc) is 2.52. The van der Waals surface area contributed by atoms with Gasteiger partial charge in [-0.25, -0.2) is 4.98 Å². The van der Waals surface area contributed by atoms with E-state index in [0.717, 1.165) is 0 Å². The van der Waals surface area contributed by atoms with E-state index in [-0.39, 0.29) is 5.56 Å². The lowest BCUT2D eigenvalue weighted by molar-refractivity contribution is 1.14. The summed E-state index contributed by atoms with van der Waals surface area (Å²) in [4.78, 5) is 24.3. The van der Waals surface area contributed by atoms with Crippen LogP contribution in [0, 0.1) is 0 Å². The van der Waals surface area contributed by atoms with E-state index in [1.54, 1.807) is 7.05 Å². The van der Waals surface area contributed by atoms with Gasteiger partial charge in [-0.1, -0.05) is 0 Å². The van der Waals surface area contributed by atoms with Gasteiger partial charge in [0.25, 0.3) is 5.56 Å². The number of hydrogen-bond donors (Lipinski definition) is 3. The molecule has 0 aromatic carbocycles. The quantitative estimate of drug-likeness (QED) is 0.507. The number of fused-ring (bicyclic) bond motifs is 1. The summed E-state index contributed by atoms with van der Waals surface area (Å²) in [6.45, 7) is 0. The zero-order valence-corrected chi connectivity index (χ0v) is 6.38. The minimum absolute atomic E-state index is 0.221. The molecule has 0 atom stereocenters. The first-order valence-electron chi connectivity index (χ1n) is 3.42. The van der Waals surface area contributed by atoms with Gasteiger partial charge in [0.15, 0.2) is 11.2 Å². The van der Waals surface area contributed by atoms with E-state index >= 15 is 0 Å². The Morgan fingerprint density at radius 2 is 2.42 bits per heavy atom. The first kappa shape index (κ1) is 6.84. The first-order valence-corrected chi connectivity index (χ1v) is 3.42. The monoisotopic (exact) mass is 166 g/mol. The zero-order valence-electron chi connectivity index (χ0n) is 6.38. The highest BCUT2D eigenvalue weighted by molar-refractivity contribution is 5.69. The molecule has 0 aliphatic rings. The van der Waals surface area contributed by atoms with Crippen molar-refractivity contribution in [3.05, 3.63) is 16.7 Å².